The molecule has 0 aromatic heterocycles. The fourth-order valence-corrected chi connectivity index (χ4v) is 3.41. The molecule has 0 heterocycles. The molecular formula is C15H23N3O3S. The van der Waals surface area contributed by atoms with Crippen molar-refractivity contribution < 1.29 is 13.2 Å². The van der Waals surface area contributed by atoms with Crippen LogP contribution < -0.4 is 15.4 Å². The third-order valence-electron chi connectivity index (χ3n) is 3.43. The summed E-state index contributed by atoms with van der Waals surface area (Å²) in [5, 5.41) is 5.99. The first kappa shape index (κ1) is 16.9. The van der Waals surface area contributed by atoms with Gasteiger partial charge in [0.05, 0.1) is 4.90 Å². The molecule has 3 N–H and O–H groups in total. The Morgan fingerprint density at radius 2 is 2.09 bits per heavy atom. The smallest absolute Gasteiger partial charge is 0.251 e. The van der Waals surface area contributed by atoms with Crippen LogP contribution in [0.25, 0.3) is 0 Å². The van der Waals surface area contributed by atoms with Crippen LogP contribution in [0.15, 0.2) is 29.2 Å². The first-order valence-corrected chi connectivity index (χ1v) is 9.04. The van der Waals surface area contributed by atoms with Gasteiger partial charge in [0.1, 0.15) is 0 Å². The molecule has 7 heteroatoms. The van der Waals surface area contributed by atoms with Gasteiger partial charge in [0.25, 0.3) is 5.91 Å². The van der Waals surface area contributed by atoms with Gasteiger partial charge in [-0.3, -0.25) is 4.79 Å². The standard InChI is InChI=1S/C15H23N3O3S/c1-3-16-11(2)10-17-15(19)12-5-4-6-14(9-12)22(20,21)18-13-7-8-13/h4-6,9,11,13,16,18H,3,7-8,10H2,1-2H3,(H,17,19)/t11-/m1/s1. The minimum absolute atomic E-state index is 0.0449. The molecule has 1 aromatic rings. The van der Waals surface area contributed by atoms with Crippen LogP contribution in [0.1, 0.15) is 37.0 Å². The average molecular weight is 325 g/mol. The molecule has 2 rings (SSSR count). The minimum atomic E-state index is -3.54. The van der Waals surface area contributed by atoms with Gasteiger partial charge in [0, 0.05) is 24.2 Å². The molecule has 0 saturated heterocycles. The summed E-state index contributed by atoms with van der Waals surface area (Å²) in [4.78, 5) is 12.2. The van der Waals surface area contributed by atoms with E-state index in [1.54, 1.807) is 12.1 Å². The molecule has 122 valence electrons. The number of benzene rings is 1. The van der Waals surface area contributed by atoms with E-state index in [0.29, 0.717) is 12.1 Å². The van der Waals surface area contributed by atoms with E-state index in [1.807, 2.05) is 13.8 Å². The van der Waals surface area contributed by atoms with Crippen molar-refractivity contribution in [2.24, 2.45) is 0 Å². The van der Waals surface area contributed by atoms with Gasteiger partial charge >= 0.3 is 0 Å². The second-order valence-corrected chi connectivity index (χ2v) is 7.31. The van der Waals surface area contributed by atoms with Crippen LogP contribution in [0.5, 0.6) is 0 Å². The summed E-state index contributed by atoms with van der Waals surface area (Å²) >= 11 is 0. The third kappa shape index (κ3) is 4.79. The van der Waals surface area contributed by atoms with Gasteiger partial charge in [-0.15, -0.1) is 0 Å². The molecule has 1 aliphatic carbocycles. The zero-order valence-corrected chi connectivity index (χ0v) is 13.7. The molecule has 1 amide bonds. The number of carbonyl (C=O) groups is 1. The molecule has 6 nitrogen and oxygen atoms in total. The highest BCUT2D eigenvalue weighted by molar-refractivity contribution is 7.89. The van der Waals surface area contributed by atoms with E-state index in [1.165, 1.54) is 12.1 Å². The van der Waals surface area contributed by atoms with E-state index in [0.717, 1.165) is 19.4 Å². The highest BCUT2D eigenvalue weighted by atomic mass is 32.2. The normalized spacial score (nSPS) is 16.3. The first-order chi connectivity index (χ1) is 10.4. The monoisotopic (exact) mass is 325 g/mol. The Labute approximate surface area is 131 Å². The van der Waals surface area contributed by atoms with Crippen molar-refractivity contribution >= 4 is 15.9 Å². The Morgan fingerprint density at radius 1 is 1.36 bits per heavy atom. The van der Waals surface area contributed by atoms with Crippen molar-refractivity contribution in [1.29, 1.82) is 0 Å². The Hall–Kier alpha value is -1.44. The lowest BCUT2D eigenvalue weighted by Gasteiger charge is -2.13. The van der Waals surface area contributed by atoms with E-state index in [-0.39, 0.29) is 22.9 Å². The summed E-state index contributed by atoms with van der Waals surface area (Å²) in [5.41, 5.74) is 0.349. The van der Waals surface area contributed by atoms with E-state index >= 15 is 0 Å². The summed E-state index contributed by atoms with van der Waals surface area (Å²) in [6.45, 7) is 5.30. The second-order valence-electron chi connectivity index (χ2n) is 5.59. The van der Waals surface area contributed by atoms with Gasteiger partial charge in [0.15, 0.2) is 0 Å². The van der Waals surface area contributed by atoms with Crippen LogP contribution in [0.3, 0.4) is 0 Å². The van der Waals surface area contributed by atoms with E-state index in [9.17, 15) is 13.2 Å². The van der Waals surface area contributed by atoms with Crippen LogP contribution in [-0.4, -0.2) is 39.5 Å². The maximum Gasteiger partial charge on any atom is 0.251 e. The van der Waals surface area contributed by atoms with Crippen molar-refractivity contribution in [3.8, 4) is 0 Å². The summed E-state index contributed by atoms with van der Waals surface area (Å²) in [5.74, 6) is -0.270. The fraction of sp³-hybridized carbons (Fsp3) is 0.533. The highest BCUT2D eigenvalue weighted by Crippen LogP contribution is 2.22. The van der Waals surface area contributed by atoms with Gasteiger partial charge < -0.3 is 10.6 Å². The number of rotatable bonds is 8. The van der Waals surface area contributed by atoms with Crippen molar-refractivity contribution in [3.63, 3.8) is 0 Å². The molecule has 22 heavy (non-hydrogen) atoms. The molecule has 0 radical (unpaired) electrons. The van der Waals surface area contributed by atoms with Gasteiger partial charge in [-0.05, 0) is 44.5 Å². The van der Waals surface area contributed by atoms with Crippen LogP contribution in [0.4, 0.5) is 0 Å². The lowest BCUT2D eigenvalue weighted by Crippen LogP contribution is -2.38. The third-order valence-corrected chi connectivity index (χ3v) is 4.95. The molecule has 1 fully saturated rings. The Morgan fingerprint density at radius 3 is 2.73 bits per heavy atom. The summed E-state index contributed by atoms with van der Waals surface area (Å²) < 4.78 is 26.9. The SMILES string of the molecule is CCN[C@H](C)CNC(=O)c1cccc(S(=O)(=O)NC2CC2)c1. The molecule has 0 aliphatic heterocycles. The van der Waals surface area contributed by atoms with Crippen LogP contribution in [0, 0.1) is 0 Å². The maximum atomic E-state index is 12.2. The van der Waals surface area contributed by atoms with Gasteiger partial charge in [0.2, 0.25) is 10.0 Å². The number of sulfonamides is 1. The lowest BCUT2D eigenvalue weighted by atomic mass is 10.2. The fourth-order valence-electron chi connectivity index (χ4n) is 2.06. The first-order valence-electron chi connectivity index (χ1n) is 7.56. The summed E-state index contributed by atoms with van der Waals surface area (Å²) in [7, 11) is -3.54. The predicted octanol–water partition coefficient (Wildman–Crippen LogP) is 0.855. The van der Waals surface area contributed by atoms with Crippen LogP contribution >= 0.6 is 0 Å². The largest absolute Gasteiger partial charge is 0.350 e. The number of hydrogen-bond acceptors (Lipinski definition) is 4. The Kier molecular flexibility index (Phi) is 5.55. The zero-order chi connectivity index (χ0) is 16.2. The molecule has 1 aromatic carbocycles. The zero-order valence-electron chi connectivity index (χ0n) is 12.9. The van der Waals surface area contributed by atoms with Gasteiger partial charge in [-0.1, -0.05) is 13.0 Å². The highest BCUT2D eigenvalue weighted by Gasteiger charge is 2.28. The number of amides is 1. The number of nitrogens with one attached hydrogen (secondary N) is 3. The molecule has 1 atom stereocenters. The number of carbonyl (C=O) groups excluding carboxylic acids is 1. The van der Waals surface area contributed by atoms with E-state index in [2.05, 4.69) is 15.4 Å². The van der Waals surface area contributed by atoms with E-state index < -0.39 is 10.0 Å². The van der Waals surface area contributed by atoms with Crippen molar-refractivity contribution in [3.05, 3.63) is 29.8 Å². The quantitative estimate of drug-likeness (QED) is 0.661. The maximum absolute atomic E-state index is 12.2. The van der Waals surface area contributed by atoms with Crippen molar-refractivity contribution in [1.82, 2.24) is 15.4 Å². The lowest BCUT2D eigenvalue weighted by molar-refractivity contribution is 0.0950. The Balaban J connectivity index is 2.02. The molecule has 1 aliphatic rings. The summed E-state index contributed by atoms with van der Waals surface area (Å²) in [6, 6.07) is 6.33. The molecule has 0 spiro atoms. The van der Waals surface area contributed by atoms with Crippen molar-refractivity contribution in [2.45, 2.75) is 43.7 Å². The predicted molar refractivity (Wildman–Crippen MR) is 85.3 cm³/mol. The number of hydrogen-bond donors (Lipinski definition) is 3. The van der Waals surface area contributed by atoms with Gasteiger partial charge in [-0.2, -0.15) is 0 Å². The molecular weight excluding hydrogens is 302 g/mol. The van der Waals surface area contributed by atoms with Crippen LogP contribution in [-0.2, 0) is 10.0 Å². The molecule has 1 saturated carbocycles. The van der Waals surface area contributed by atoms with E-state index in [4.69, 9.17) is 0 Å². The second kappa shape index (κ2) is 7.21. The van der Waals surface area contributed by atoms with Gasteiger partial charge in [-0.25, -0.2) is 13.1 Å². The average Bonchev–Trinajstić information content (AvgIpc) is 3.28. The van der Waals surface area contributed by atoms with Crippen LogP contribution in [0.2, 0.25) is 0 Å². The number of likely N-dealkylation sites (N-methyl/N-ethyl adjacent to an activating group) is 1. The topological polar surface area (TPSA) is 87.3 Å². The van der Waals surface area contributed by atoms with Crippen molar-refractivity contribution in [2.75, 3.05) is 13.1 Å². The summed E-state index contributed by atoms with van der Waals surface area (Å²) in [6.07, 6.45) is 1.75. The molecule has 0 unspecified atom stereocenters. The molecule has 0 bridgehead atoms. The Bertz CT molecular complexity index is 627. The minimum Gasteiger partial charge on any atom is -0.350 e.